The summed E-state index contributed by atoms with van der Waals surface area (Å²) in [5, 5.41) is 3.06. The summed E-state index contributed by atoms with van der Waals surface area (Å²) in [6, 6.07) is 8.45. The average molecular weight is 290 g/mol. The minimum absolute atomic E-state index is 0.119. The summed E-state index contributed by atoms with van der Waals surface area (Å²) in [6.07, 6.45) is 1.68. The summed E-state index contributed by atoms with van der Waals surface area (Å²) in [4.78, 5) is 14.4. The van der Waals surface area contributed by atoms with E-state index in [1.165, 1.54) is 5.56 Å². The molecule has 1 fully saturated rings. The second-order valence-electron chi connectivity index (χ2n) is 5.75. The highest BCUT2D eigenvalue weighted by atomic mass is 16.5. The van der Waals surface area contributed by atoms with Crippen LogP contribution < -0.4 is 5.32 Å². The van der Waals surface area contributed by atoms with Gasteiger partial charge in [-0.2, -0.15) is 0 Å². The highest BCUT2D eigenvalue weighted by Crippen LogP contribution is 2.15. The van der Waals surface area contributed by atoms with Crippen LogP contribution in [0.25, 0.3) is 0 Å². The molecule has 116 valence electrons. The van der Waals surface area contributed by atoms with Gasteiger partial charge in [0.25, 0.3) is 0 Å². The Labute approximate surface area is 127 Å². The first-order valence-electron chi connectivity index (χ1n) is 7.81. The topological polar surface area (TPSA) is 41.6 Å². The van der Waals surface area contributed by atoms with E-state index in [2.05, 4.69) is 48.5 Å². The lowest BCUT2D eigenvalue weighted by molar-refractivity contribution is -0.128. The quantitative estimate of drug-likeness (QED) is 0.873. The van der Waals surface area contributed by atoms with Crippen molar-refractivity contribution in [3.05, 3.63) is 35.4 Å². The van der Waals surface area contributed by atoms with Crippen molar-refractivity contribution >= 4 is 5.91 Å². The highest BCUT2D eigenvalue weighted by molar-refractivity contribution is 5.78. The number of carbonyl (C=O) groups excluding carboxylic acids is 1. The molecule has 1 N–H and O–H groups in total. The van der Waals surface area contributed by atoms with Gasteiger partial charge in [0.1, 0.15) is 0 Å². The fourth-order valence-electron chi connectivity index (χ4n) is 2.55. The monoisotopic (exact) mass is 290 g/mol. The molecule has 1 aliphatic rings. The van der Waals surface area contributed by atoms with E-state index in [1.807, 2.05) is 0 Å². The number of rotatable bonds is 6. The van der Waals surface area contributed by atoms with Crippen molar-refractivity contribution in [2.75, 3.05) is 26.8 Å². The molecule has 0 aliphatic carbocycles. The van der Waals surface area contributed by atoms with E-state index in [9.17, 15) is 4.79 Å². The largest absolute Gasteiger partial charge is 0.381 e. The Morgan fingerprint density at radius 1 is 1.33 bits per heavy atom. The molecule has 1 amide bonds. The maximum absolute atomic E-state index is 12.1. The van der Waals surface area contributed by atoms with Crippen molar-refractivity contribution in [2.45, 2.75) is 32.9 Å². The molecule has 21 heavy (non-hydrogen) atoms. The summed E-state index contributed by atoms with van der Waals surface area (Å²) in [6.45, 7) is 6.15. The summed E-state index contributed by atoms with van der Waals surface area (Å²) in [5.41, 5.74) is 2.45. The predicted molar refractivity (Wildman–Crippen MR) is 83.8 cm³/mol. The number of hydrogen-bond acceptors (Lipinski definition) is 3. The van der Waals surface area contributed by atoms with Crippen LogP contribution in [-0.2, 0) is 22.6 Å². The van der Waals surface area contributed by atoms with Crippen LogP contribution in [0.1, 0.15) is 30.9 Å². The van der Waals surface area contributed by atoms with E-state index in [4.69, 9.17) is 4.74 Å². The lowest BCUT2D eigenvalue weighted by atomic mass is 9.99. The van der Waals surface area contributed by atoms with Crippen LogP contribution in [0, 0.1) is 5.92 Å². The Bertz CT molecular complexity index is 456. The number of nitrogens with one attached hydrogen (secondary N) is 1. The van der Waals surface area contributed by atoms with Crippen LogP contribution in [-0.4, -0.2) is 37.6 Å². The van der Waals surface area contributed by atoms with E-state index in [0.717, 1.165) is 31.5 Å². The van der Waals surface area contributed by atoms with Crippen molar-refractivity contribution in [1.29, 1.82) is 0 Å². The number of carbonyl (C=O) groups is 1. The molecule has 4 heteroatoms. The van der Waals surface area contributed by atoms with E-state index in [0.29, 0.717) is 19.8 Å². The zero-order chi connectivity index (χ0) is 15.1. The second kappa shape index (κ2) is 8.15. The number of benzene rings is 1. The molecule has 0 atom stereocenters. The SMILES string of the molecule is CCN(C)Cc1cccc(CNC(=O)C2CCOCC2)c1. The molecule has 4 nitrogen and oxygen atoms in total. The molecule has 0 unspecified atom stereocenters. The fraction of sp³-hybridized carbons (Fsp3) is 0.588. The van der Waals surface area contributed by atoms with Crippen molar-refractivity contribution in [3.63, 3.8) is 0 Å². The molecule has 0 radical (unpaired) electrons. The lowest BCUT2D eigenvalue weighted by Gasteiger charge is -2.21. The van der Waals surface area contributed by atoms with E-state index < -0.39 is 0 Å². The minimum atomic E-state index is 0.119. The lowest BCUT2D eigenvalue weighted by Crippen LogP contribution is -2.33. The Kier molecular flexibility index (Phi) is 6.21. The maximum atomic E-state index is 12.1. The third-order valence-corrected chi connectivity index (χ3v) is 4.04. The van der Waals surface area contributed by atoms with Gasteiger partial charge in [0.2, 0.25) is 5.91 Å². The number of amides is 1. The smallest absolute Gasteiger partial charge is 0.223 e. The molecule has 0 aromatic heterocycles. The van der Waals surface area contributed by atoms with Crippen LogP contribution in [0.2, 0.25) is 0 Å². The Hall–Kier alpha value is -1.39. The van der Waals surface area contributed by atoms with Gasteiger partial charge in [-0.3, -0.25) is 4.79 Å². The molecule has 1 saturated heterocycles. The first-order valence-corrected chi connectivity index (χ1v) is 7.81. The Morgan fingerprint density at radius 3 is 2.76 bits per heavy atom. The first-order chi connectivity index (χ1) is 10.2. The minimum Gasteiger partial charge on any atom is -0.381 e. The summed E-state index contributed by atoms with van der Waals surface area (Å²) < 4.78 is 5.29. The molecule has 2 rings (SSSR count). The molecule has 0 bridgehead atoms. The van der Waals surface area contributed by atoms with Crippen molar-refractivity contribution in [2.24, 2.45) is 5.92 Å². The maximum Gasteiger partial charge on any atom is 0.223 e. The second-order valence-corrected chi connectivity index (χ2v) is 5.75. The van der Waals surface area contributed by atoms with E-state index >= 15 is 0 Å². The van der Waals surface area contributed by atoms with E-state index in [1.54, 1.807) is 0 Å². The van der Waals surface area contributed by atoms with Gasteiger partial charge in [-0.25, -0.2) is 0 Å². The molecule has 1 aromatic carbocycles. The van der Waals surface area contributed by atoms with Crippen LogP contribution in [0.15, 0.2) is 24.3 Å². The molecular weight excluding hydrogens is 264 g/mol. The molecular formula is C17H26N2O2. The van der Waals surface area contributed by atoms with Gasteiger partial charge in [0.15, 0.2) is 0 Å². The summed E-state index contributed by atoms with van der Waals surface area (Å²) in [7, 11) is 2.11. The average Bonchev–Trinajstić information content (AvgIpc) is 2.53. The Morgan fingerprint density at radius 2 is 2.05 bits per heavy atom. The van der Waals surface area contributed by atoms with Gasteiger partial charge < -0.3 is 15.0 Å². The zero-order valence-corrected chi connectivity index (χ0v) is 13.1. The molecule has 0 saturated carbocycles. The van der Waals surface area contributed by atoms with Gasteiger partial charge in [0.05, 0.1) is 0 Å². The molecule has 1 heterocycles. The standard InChI is InChI=1S/C17H26N2O2/c1-3-19(2)13-15-6-4-5-14(11-15)12-18-17(20)16-7-9-21-10-8-16/h4-6,11,16H,3,7-10,12-13H2,1-2H3,(H,18,20). The normalized spacial score (nSPS) is 16.1. The van der Waals surface area contributed by atoms with Gasteiger partial charge in [-0.1, -0.05) is 31.2 Å². The fourth-order valence-corrected chi connectivity index (χ4v) is 2.55. The number of hydrogen-bond donors (Lipinski definition) is 1. The number of nitrogens with zero attached hydrogens (tertiary/aromatic N) is 1. The van der Waals surface area contributed by atoms with Gasteiger partial charge in [-0.15, -0.1) is 0 Å². The number of ether oxygens (including phenoxy) is 1. The van der Waals surface area contributed by atoms with Crippen molar-refractivity contribution < 1.29 is 9.53 Å². The van der Waals surface area contributed by atoms with Crippen molar-refractivity contribution in [3.8, 4) is 0 Å². The third-order valence-electron chi connectivity index (χ3n) is 4.04. The third kappa shape index (κ3) is 5.14. The highest BCUT2D eigenvalue weighted by Gasteiger charge is 2.20. The van der Waals surface area contributed by atoms with Crippen LogP contribution >= 0.6 is 0 Å². The summed E-state index contributed by atoms with van der Waals surface area (Å²) in [5.74, 6) is 0.280. The van der Waals surface area contributed by atoms with Crippen LogP contribution in [0.5, 0.6) is 0 Å². The first kappa shape index (κ1) is 16.0. The molecule has 1 aliphatic heterocycles. The van der Waals surface area contributed by atoms with Crippen LogP contribution in [0.3, 0.4) is 0 Å². The zero-order valence-electron chi connectivity index (χ0n) is 13.1. The molecule has 1 aromatic rings. The predicted octanol–water partition coefficient (Wildman–Crippen LogP) is 2.18. The summed E-state index contributed by atoms with van der Waals surface area (Å²) >= 11 is 0. The van der Waals surface area contributed by atoms with Crippen LogP contribution in [0.4, 0.5) is 0 Å². The molecule has 0 spiro atoms. The van der Waals surface area contributed by atoms with Gasteiger partial charge in [0, 0.05) is 32.2 Å². The van der Waals surface area contributed by atoms with Crippen molar-refractivity contribution in [1.82, 2.24) is 10.2 Å². The van der Waals surface area contributed by atoms with Gasteiger partial charge in [-0.05, 0) is 37.6 Å². The van der Waals surface area contributed by atoms with Gasteiger partial charge >= 0.3 is 0 Å². The Balaban J connectivity index is 1.84. The van der Waals surface area contributed by atoms with E-state index in [-0.39, 0.29) is 11.8 Å².